The van der Waals surface area contributed by atoms with Crippen LogP contribution in [0.1, 0.15) is 12.5 Å². The van der Waals surface area contributed by atoms with Crippen LogP contribution in [0, 0.1) is 5.82 Å². The molecule has 1 amide bonds. The Morgan fingerprint density at radius 2 is 2.27 bits per heavy atom. The zero-order chi connectivity index (χ0) is 11.1. The van der Waals surface area contributed by atoms with Gasteiger partial charge in [-0.05, 0) is 24.2 Å². The fraction of sp³-hybridized carbons (Fsp3) is 0.364. The normalized spacial score (nSPS) is 10.0. The topological polar surface area (TPSA) is 41.1 Å². The molecule has 3 nitrogen and oxygen atoms in total. The van der Waals surface area contributed by atoms with Crippen molar-refractivity contribution in [2.45, 2.75) is 13.5 Å². The summed E-state index contributed by atoms with van der Waals surface area (Å²) in [6.45, 7) is 3.35. The SMILES string of the molecule is CCNCC(=O)NCc1cccc(F)c1. The van der Waals surface area contributed by atoms with Crippen LogP contribution in [0.15, 0.2) is 24.3 Å². The van der Waals surface area contributed by atoms with Crippen LogP contribution in [-0.4, -0.2) is 19.0 Å². The fourth-order valence-corrected chi connectivity index (χ4v) is 1.15. The van der Waals surface area contributed by atoms with Crippen LogP contribution < -0.4 is 10.6 Å². The lowest BCUT2D eigenvalue weighted by Gasteiger charge is -2.05. The standard InChI is InChI=1S/C11H15FN2O/c1-2-13-8-11(15)14-7-9-4-3-5-10(12)6-9/h3-6,13H,2,7-8H2,1H3,(H,14,15). The van der Waals surface area contributed by atoms with Crippen LogP contribution in [0.2, 0.25) is 0 Å². The molecule has 0 bridgehead atoms. The van der Waals surface area contributed by atoms with Crippen molar-refractivity contribution in [1.82, 2.24) is 10.6 Å². The van der Waals surface area contributed by atoms with E-state index in [4.69, 9.17) is 0 Å². The monoisotopic (exact) mass is 210 g/mol. The summed E-state index contributed by atoms with van der Waals surface area (Å²) in [6, 6.07) is 6.19. The third-order valence-electron chi connectivity index (χ3n) is 1.91. The molecule has 0 saturated heterocycles. The minimum atomic E-state index is -0.284. The minimum absolute atomic E-state index is 0.0823. The van der Waals surface area contributed by atoms with Gasteiger partial charge in [-0.2, -0.15) is 0 Å². The first-order valence-corrected chi connectivity index (χ1v) is 4.94. The van der Waals surface area contributed by atoms with Crippen molar-refractivity contribution in [2.75, 3.05) is 13.1 Å². The van der Waals surface area contributed by atoms with E-state index in [1.54, 1.807) is 12.1 Å². The average Bonchev–Trinajstić information content (AvgIpc) is 2.23. The summed E-state index contributed by atoms with van der Waals surface area (Å²) < 4.78 is 12.8. The van der Waals surface area contributed by atoms with E-state index < -0.39 is 0 Å². The number of hydrogen-bond donors (Lipinski definition) is 2. The molecule has 0 spiro atoms. The maximum absolute atomic E-state index is 12.8. The number of carbonyl (C=O) groups excluding carboxylic acids is 1. The molecule has 0 heterocycles. The molecular weight excluding hydrogens is 195 g/mol. The minimum Gasteiger partial charge on any atom is -0.351 e. The summed E-state index contributed by atoms with van der Waals surface area (Å²) in [5.74, 6) is -0.366. The van der Waals surface area contributed by atoms with Gasteiger partial charge in [-0.3, -0.25) is 4.79 Å². The highest BCUT2D eigenvalue weighted by Crippen LogP contribution is 2.02. The molecule has 1 rings (SSSR count). The molecule has 15 heavy (non-hydrogen) atoms. The Morgan fingerprint density at radius 1 is 1.47 bits per heavy atom. The molecule has 0 aliphatic rings. The van der Waals surface area contributed by atoms with E-state index in [-0.39, 0.29) is 11.7 Å². The highest BCUT2D eigenvalue weighted by molar-refractivity contribution is 5.77. The van der Waals surface area contributed by atoms with Gasteiger partial charge >= 0.3 is 0 Å². The number of carbonyl (C=O) groups is 1. The number of amides is 1. The Balaban J connectivity index is 2.33. The van der Waals surface area contributed by atoms with Gasteiger partial charge in [-0.15, -0.1) is 0 Å². The van der Waals surface area contributed by atoms with Crippen molar-refractivity contribution in [1.29, 1.82) is 0 Å². The van der Waals surface area contributed by atoms with Gasteiger partial charge in [0.15, 0.2) is 0 Å². The summed E-state index contributed by atoms with van der Waals surface area (Å²) in [4.78, 5) is 11.2. The number of likely N-dealkylation sites (N-methyl/N-ethyl adjacent to an activating group) is 1. The van der Waals surface area contributed by atoms with E-state index in [9.17, 15) is 9.18 Å². The lowest BCUT2D eigenvalue weighted by Crippen LogP contribution is -2.33. The summed E-state index contributed by atoms with van der Waals surface area (Å²) in [7, 11) is 0. The second kappa shape index (κ2) is 6.14. The molecule has 0 atom stereocenters. The van der Waals surface area contributed by atoms with Gasteiger partial charge in [0.05, 0.1) is 6.54 Å². The number of nitrogens with one attached hydrogen (secondary N) is 2. The molecule has 0 aliphatic carbocycles. The van der Waals surface area contributed by atoms with Crippen LogP contribution in [0.3, 0.4) is 0 Å². The van der Waals surface area contributed by atoms with E-state index in [0.29, 0.717) is 13.1 Å². The lowest BCUT2D eigenvalue weighted by atomic mass is 10.2. The van der Waals surface area contributed by atoms with Gasteiger partial charge in [-0.25, -0.2) is 4.39 Å². The van der Waals surface area contributed by atoms with Gasteiger partial charge in [0, 0.05) is 6.54 Å². The highest BCUT2D eigenvalue weighted by atomic mass is 19.1. The number of halogens is 1. The molecule has 2 N–H and O–H groups in total. The number of benzene rings is 1. The van der Waals surface area contributed by atoms with Crippen LogP contribution in [0.5, 0.6) is 0 Å². The molecule has 0 aromatic heterocycles. The van der Waals surface area contributed by atoms with Crippen LogP contribution in [-0.2, 0) is 11.3 Å². The van der Waals surface area contributed by atoms with E-state index in [0.717, 1.165) is 12.1 Å². The van der Waals surface area contributed by atoms with E-state index in [1.807, 2.05) is 6.92 Å². The first-order chi connectivity index (χ1) is 7.22. The van der Waals surface area contributed by atoms with Gasteiger partial charge in [-0.1, -0.05) is 19.1 Å². The van der Waals surface area contributed by atoms with Crippen molar-refractivity contribution in [3.8, 4) is 0 Å². The number of rotatable bonds is 5. The maximum Gasteiger partial charge on any atom is 0.234 e. The number of hydrogen-bond acceptors (Lipinski definition) is 2. The van der Waals surface area contributed by atoms with Crippen molar-refractivity contribution in [2.24, 2.45) is 0 Å². The summed E-state index contributed by atoms with van der Waals surface area (Å²) >= 11 is 0. The molecule has 4 heteroatoms. The van der Waals surface area contributed by atoms with E-state index >= 15 is 0 Å². The lowest BCUT2D eigenvalue weighted by molar-refractivity contribution is -0.120. The molecular formula is C11H15FN2O. The smallest absolute Gasteiger partial charge is 0.234 e. The van der Waals surface area contributed by atoms with E-state index in [1.165, 1.54) is 12.1 Å². The van der Waals surface area contributed by atoms with Crippen LogP contribution in [0.4, 0.5) is 4.39 Å². The Labute approximate surface area is 88.7 Å². The van der Waals surface area contributed by atoms with Gasteiger partial charge in [0.1, 0.15) is 5.82 Å². The van der Waals surface area contributed by atoms with Crippen molar-refractivity contribution < 1.29 is 9.18 Å². The second-order valence-corrected chi connectivity index (χ2v) is 3.19. The van der Waals surface area contributed by atoms with Crippen LogP contribution >= 0.6 is 0 Å². The Bertz CT molecular complexity index is 328. The average molecular weight is 210 g/mol. The molecule has 1 aromatic carbocycles. The molecule has 0 unspecified atom stereocenters. The van der Waals surface area contributed by atoms with Gasteiger partial charge in [0.25, 0.3) is 0 Å². The zero-order valence-electron chi connectivity index (χ0n) is 8.72. The summed E-state index contributed by atoms with van der Waals surface area (Å²) in [5.41, 5.74) is 0.764. The van der Waals surface area contributed by atoms with Gasteiger partial charge < -0.3 is 10.6 Å². The predicted molar refractivity (Wildman–Crippen MR) is 56.8 cm³/mol. The Morgan fingerprint density at radius 3 is 2.93 bits per heavy atom. The molecule has 1 aromatic rings. The molecule has 0 saturated carbocycles. The Hall–Kier alpha value is -1.42. The predicted octanol–water partition coefficient (Wildman–Crippen LogP) is 1.05. The Kier molecular flexibility index (Phi) is 4.77. The summed E-state index contributed by atoms with van der Waals surface area (Å²) in [5, 5.41) is 5.60. The summed E-state index contributed by atoms with van der Waals surface area (Å²) in [6.07, 6.45) is 0. The molecule has 0 fully saturated rings. The van der Waals surface area contributed by atoms with Crippen molar-refractivity contribution in [3.63, 3.8) is 0 Å². The van der Waals surface area contributed by atoms with E-state index in [2.05, 4.69) is 10.6 Å². The first kappa shape index (κ1) is 11.7. The second-order valence-electron chi connectivity index (χ2n) is 3.19. The fourth-order valence-electron chi connectivity index (χ4n) is 1.15. The quantitative estimate of drug-likeness (QED) is 0.762. The third-order valence-corrected chi connectivity index (χ3v) is 1.91. The first-order valence-electron chi connectivity index (χ1n) is 4.94. The molecule has 82 valence electrons. The van der Waals surface area contributed by atoms with Crippen molar-refractivity contribution >= 4 is 5.91 Å². The van der Waals surface area contributed by atoms with Gasteiger partial charge in [0.2, 0.25) is 5.91 Å². The largest absolute Gasteiger partial charge is 0.351 e. The van der Waals surface area contributed by atoms with Crippen LogP contribution in [0.25, 0.3) is 0 Å². The van der Waals surface area contributed by atoms with Crippen molar-refractivity contribution in [3.05, 3.63) is 35.6 Å². The third kappa shape index (κ3) is 4.56. The maximum atomic E-state index is 12.8. The molecule has 0 radical (unpaired) electrons. The molecule has 0 aliphatic heterocycles. The zero-order valence-corrected chi connectivity index (χ0v) is 8.72. The highest BCUT2D eigenvalue weighted by Gasteiger charge is 2.00.